The topological polar surface area (TPSA) is 82.1 Å². The summed E-state index contributed by atoms with van der Waals surface area (Å²) in [7, 11) is 0. The third kappa shape index (κ3) is 2.95. The minimum absolute atomic E-state index is 0.0364. The molecule has 0 aliphatic rings. The quantitative estimate of drug-likeness (QED) is 0.390. The van der Waals surface area contributed by atoms with Gasteiger partial charge in [0, 0.05) is 31.9 Å². The van der Waals surface area contributed by atoms with Gasteiger partial charge in [-0.25, -0.2) is 10.6 Å². The summed E-state index contributed by atoms with van der Waals surface area (Å²) in [6.45, 7) is 3.11. The average molecular weight is 212 g/mol. The van der Waals surface area contributed by atoms with Crippen molar-refractivity contribution >= 4 is 5.91 Å². The molecule has 15 heavy (non-hydrogen) atoms. The molecule has 1 aromatic rings. The second kappa shape index (κ2) is 5.35. The van der Waals surface area contributed by atoms with Crippen molar-refractivity contribution in [2.24, 2.45) is 5.84 Å². The summed E-state index contributed by atoms with van der Waals surface area (Å²) in [5.41, 5.74) is 2.01. The van der Waals surface area contributed by atoms with E-state index in [0.717, 1.165) is 0 Å². The molecule has 0 saturated heterocycles. The Balaban J connectivity index is 2.48. The summed E-state index contributed by atoms with van der Waals surface area (Å²) in [6.07, 6.45) is 4.41. The fourth-order valence-electron chi connectivity index (χ4n) is 1.35. The van der Waals surface area contributed by atoms with Crippen molar-refractivity contribution in [2.75, 3.05) is 0 Å². The van der Waals surface area contributed by atoms with Gasteiger partial charge in [0.15, 0.2) is 0 Å². The van der Waals surface area contributed by atoms with Crippen LogP contribution in [0.5, 0.6) is 0 Å². The van der Waals surface area contributed by atoms with Crippen LogP contribution < -0.4 is 17.0 Å². The van der Waals surface area contributed by atoms with Gasteiger partial charge in [-0.1, -0.05) is 0 Å². The molecule has 0 fully saturated rings. The van der Waals surface area contributed by atoms with E-state index in [1.54, 1.807) is 21.5 Å². The molecule has 6 nitrogen and oxygen atoms in total. The van der Waals surface area contributed by atoms with E-state index in [9.17, 15) is 9.59 Å². The first kappa shape index (κ1) is 11.5. The van der Waals surface area contributed by atoms with Crippen LogP contribution in [0.1, 0.15) is 19.8 Å². The van der Waals surface area contributed by atoms with Crippen LogP contribution in [0, 0.1) is 0 Å². The Labute approximate surface area is 87.7 Å². The third-order valence-corrected chi connectivity index (χ3v) is 2.22. The second-order valence-electron chi connectivity index (χ2n) is 3.23. The van der Waals surface area contributed by atoms with Gasteiger partial charge in [-0.05, 0) is 13.3 Å². The van der Waals surface area contributed by atoms with E-state index >= 15 is 0 Å². The van der Waals surface area contributed by atoms with Crippen LogP contribution in [-0.2, 0) is 17.9 Å². The van der Waals surface area contributed by atoms with E-state index in [1.807, 2.05) is 6.92 Å². The van der Waals surface area contributed by atoms with E-state index in [2.05, 4.69) is 5.43 Å². The minimum atomic E-state index is -0.210. The summed E-state index contributed by atoms with van der Waals surface area (Å²) < 4.78 is 3.20. The number of carbonyl (C=O) groups is 1. The smallest absolute Gasteiger partial charge is 0.300 e. The number of hydrogen-bond acceptors (Lipinski definition) is 3. The van der Waals surface area contributed by atoms with E-state index in [4.69, 9.17) is 5.84 Å². The SMILES string of the molecule is CCn1ccn(CCCC(=O)NN)c1=O. The van der Waals surface area contributed by atoms with E-state index < -0.39 is 0 Å². The van der Waals surface area contributed by atoms with Crippen LogP contribution in [0.25, 0.3) is 0 Å². The maximum Gasteiger partial charge on any atom is 0.328 e. The number of nitrogens with one attached hydrogen (secondary N) is 1. The maximum atomic E-state index is 11.5. The van der Waals surface area contributed by atoms with Gasteiger partial charge in [0.05, 0.1) is 0 Å². The normalized spacial score (nSPS) is 10.3. The lowest BCUT2D eigenvalue weighted by Gasteiger charge is -2.01. The van der Waals surface area contributed by atoms with Gasteiger partial charge in [-0.3, -0.25) is 19.4 Å². The van der Waals surface area contributed by atoms with Crippen molar-refractivity contribution in [3.8, 4) is 0 Å². The molecular formula is C9H16N4O2. The molecule has 1 rings (SSSR count). The van der Waals surface area contributed by atoms with Crippen LogP contribution in [0.2, 0.25) is 0 Å². The van der Waals surface area contributed by atoms with Crippen molar-refractivity contribution in [2.45, 2.75) is 32.9 Å². The van der Waals surface area contributed by atoms with Gasteiger partial charge in [-0.15, -0.1) is 0 Å². The summed E-state index contributed by atoms with van der Waals surface area (Å²) in [5, 5.41) is 0. The molecule has 0 unspecified atom stereocenters. The molecule has 1 aromatic heterocycles. The van der Waals surface area contributed by atoms with Gasteiger partial charge in [0.1, 0.15) is 0 Å². The van der Waals surface area contributed by atoms with E-state index in [1.165, 1.54) is 0 Å². The monoisotopic (exact) mass is 212 g/mol. The Morgan fingerprint density at radius 3 is 2.67 bits per heavy atom. The second-order valence-corrected chi connectivity index (χ2v) is 3.23. The lowest BCUT2D eigenvalue weighted by atomic mass is 10.3. The number of hydrazine groups is 1. The third-order valence-electron chi connectivity index (χ3n) is 2.22. The fourth-order valence-corrected chi connectivity index (χ4v) is 1.35. The number of carbonyl (C=O) groups excluding carboxylic acids is 1. The van der Waals surface area contributed by atoms with Crippen LogP contribution in [0.3, 0.4) is 0 Å². The predicted molar refractivity (Wildman–Crippen MR) is 55.9 cm³/mol. The summed E-state index contributed by atoms with van der Waals surface area (Å²) in [6, 6.07) is 0. The fraction of sp³-hybridized carbons (Fsp3) is 0.556. The molecule has 0 bridgehead atoms. The molecule has 3 N–H and O–H groups in total. The zero-order chi connectivity index (χ0) is 11.3. The minimum Gasteiger partial charge on any atom is -0.300 e. The standard InChI is InChI=1S/C9H16N4O2/c1-2-12-6-7-13(9(12)15)5-3-4-8(14)11-10/h6-7H,2-5,10H2,1H3,(H,11,14). The number of aryl methyl sites for hydroxylation is 2. The van der Waals surface area contributed by atoms with Crippen molar-refractivity contribution < 1.29 is 4.79 Å². The molecule has 0 radical (unpaired) electrons. The van der Waals surface area contributed by atoms with Crippen LogP contribution in [-0.4, -0.2) is 15.0 Å². The Bertz CT molecular complexity index is 380. The van der Waals surface area contributed by atoms with Gasteiger partial charge < -0.3 is 0 Å². The molecule has 1 amide bonds. The van der Waals surface area contributed by atoms with Gasteiger partial charge in [0.2, 0.25) is 5.91 Å². The molecule has 84 valence electrons. The lowest BCUT2D eigenvalue weighted by molar-refractivity contribution is -0.121. The molecule has 6 heteroatoms. The van der Waals surface area contributed by atoms with Crippen LogP contribution >= 0.6 is 0 Å². The molecule has 0 aromatic carbocycles. The zero-order valence-corrected chi connectivity index (χ0v) is 8.77. The molecule has 0 spiro atoms. The van der Waals surface area contributed by atoms with Gasteiger partial charge >= 0.3 is 5.69 Å². The number of imidazole rings is 1. The molecule has 0 aliphatic heterocycles. The largest absolute Gasteiger partial charge is 0.328 e. The van der Waals surface area contributed by atoms with Crippen molar-refractivity contribution in [1.82, 2.24) is 14.6 Å². The molecule has 1 heterocycles. The molecule has 0 saturated carbocycles. The van der Waals surface area contributed by atoms with Crippen LogP contribution in [0.15, 0.2) is 17.2 Å². The Morgan fingerprint density at radius 1 is 1.47 bits per heavy atom. The van der Waals surface area contributed by atoms with Crippen molar-refractivity contribution in [3.63, 3.8) is 0 Å². The Morgan fingerprint density at radius 2 is 2.13 bits per heavy atom. The number of aromatic nitrogens is 2. The first-order chi connectivity index (χ1) is 7.19. The highest BCUT2D eigenvalue weighted by Crippen LogP contribution is 1.93. The molecule has 0 aliphatic carbocycles. The highest BCUT2D eigenvalue weighted by Gasteiger charge is 2.02. The number of nitrogens with zero attached hydrogens (tertiary/aromatic N) is 2. The molecular weight excluding hydrogens is 196 g/mol. The predicted octanol–water partition coefficient (Wildman–Crippen LogP) is -0.560. The van der Waals surface area contributed by atoms with Gasteiger partial charge in [-0.2, -0.15) is 0 Å². The van der Waals surface area contributed by atoms with Crippen LogP contribution in [0.4, 0.5) is 0 Å². The number of nitrogens with two attached hydrogens (primary N) is 1. The van der Waals surface area contributed by atoms with E-state index in [0.29, 0.717) is 25.9 Å². The Hall–Kier alpha value is -1.56. The maximum absolute atomic E-state index is 11.5. The summed E-state index contributed by atoms with van der Waals surface area (Å²) >= 11 is 0. The summed E-state index contributed by atoms with van der Waals surface area (Å²) in [4.78, 5) is 22.4. The number of amides is 1. The highest BCUT2D eigenvalue weighted by molar-refractivity contribution is 5.74. The number of rotatable bonds is 5. The zero-order valence-electron chi connectivity index (χ0n) is 8.77. The molecule has 0 atom stereocenters. The van der Waals surface area contributed by atoms with E-state index in [-0.39, 0.29) is 11.6 Å². The first-order valence-corrected chi connectivity index (χ1v) is 4.94. The van der Waals surface area contributed by atoms with Crippen molar-refractivity contribution in [3.05, 3.63) is 22.9 Å². The first-order valence-electron chi connectivity index (χ1n) is 4.94. The van der Waals surface area contributed by atoms with Gasteiger partial charge in [0.25, 0.3) is 0 Å². The number of hydrogen-bond donors (Lipinski definition) is 2. The lowest BCUT2D eigenvalue weighted by Crippen LogP contribution is -2.30. The highest BCUT2D eigenvalue weighted by atomic mass is 16.2. The average Bonchev–Trinajstić information content (AvgIpc) is 2.60. The van der Waals surface area contributed by atoms with Crippen molar-refractivity contribution in [1.29, 1.82) is 0 Å². The Kier molecular flexibility index (Phi) is 4.11. The summed E-state index contributed by atoms with van der Waals surface area (Å²) in [5.74, 6) is 4.72.